The second-order valence-electron chi connectivity index (χ2n) is 5.00. The predicted molar refractivity (Wildman–Crippen MR) is 77.3 cm³/mol. The maximum atomic E-state index is 4.23. The second kappa shape index (κ2) is 7.12. The second-order valence-corrected chi connectivity index (χ2v) is 5.00. The molecule has 1 fully saturated rings. The van der Waals surface area contributed by atoms with Gasteiger partial charge in [-0.25, -0.2) is 0 Å². The molecular weight excluding hydrogens is 248 g/mol. The molecule has 2 N–H and O–H groups in total. The highest BCUT2D eigenvalue weighted by atomic mass is 35.5. The van der Waals surface area contributed by atoms with Gasteiger partial charge < -0.3 is 10.2 Å². The van der Waals surface area contributed by atoms with Gasteiger partial charge in [0.2, 0.25) is 0 Å². The Labute approximate surface area is 116 Å². The van der Waals surface area contributed by atoms with Crippen LogP contribution < -0.4 is 5.32 Å². The van der Waals surface area contributed by atoms with Crippen molar-refractivity contribution in [2.45, 2.75) is 46.2 Å². The molecular formula is C13H25ClN4. The van der Waals surface area contributed by atoms with Gasteiger partial charge in [0, 0.05) is 23.8 Å². The first-order chi connectivity index (χ1) is 8.20. The Morgan fingerprint density at radius 3 is 2.50 bits per heavy atom. The highest BCUT2D eigenvalue weighted by Crippen LogP contribution is 2.13. The van der Waals surface area contributed by atoms with E-state index in [2.05, 4.69) is 41.2 Å². The van der Waals surface area contributed by atoms with E-state index in [1.165, 1.54) is 43.7 Å². The van der Waals surface area contributed by atoms with Crippen LogP contribution in [0.15, 0.2) is 0 Å². The summed E-state index contributed by atoms with van der Waals surface area (Å²) in [6, 6.07) is 0.673. The summed E-state index contributed by atoms with van der Waals surface area (Å²) in [6.07, 6.45) is 2.54. The van der Waals surface area contributed by atoms with Gasteiger partial charge in [-0.15, -0.1) is 12.4 Å². The Hall–Kier alpha value is -0.580. The molecule has 2 heterocycles. The van der Waals surface area contributed by atoms with Crippen LogP contribution in [0.1, 0.15) is 36.7 Å². The van der Waals surface area contributed by atoms with E-state index in [-0.39, 0.29) is 12.4 Å². The number of H-pyrrole nitrogens is 1. The van der Waals surface area contributed by atoms with Crippen molar-refractivity contribution in [3.63, 3.8) is 0 Å². The van der Waals surface area contributed by atoms with Crippen molar-refractivity contribution >= 4 is 12.4 Å². The van der Waals surface area contributed by atoms with Gasteiger partial charge in [-0.3, -0.25) is 5.10 Å². The molecule has 2 rings (SSSR count). The van der Waals surface area contributed by atoms with Crippen molar-refractivity contribution in [2.24, 2.45) is 0 Å². The van der Waals surface area contributed by atoms with Crippen molar-refractivity contribution < 1.29 is 0 Å². The lowest BCUT2D eigenvalue weighted by molar-refractivity contribution is 0.206. The summed E-state index contributed by atoms with van der Waals surface area (Å²) in [6.45, 7) is 11.0. The molecule has 1 aromatic rings. The van der Waals surface area contributed by atoms with E-state index < -0.39 is 0 Å². The fourth-order valence-electron chi connectivity index (χ4n) is 2.53. The number of nitrogens with one attached hydrogen (secondary N) is 2. The summed E-state index contributed by atoms with van der Waals surface area (Å²) >= 11 is 0. The first-order valence-corrected chi connectivity index (χ1v) is 6.67. The molecule has 0 aromatic carbocycles. The number of rotatable bonds is 4. The minimum absolute atomic E-state index is 0. The van der Waals surface area contributed by atoms with Gasteiger partial charge in [-0.2, -0.15) is 5.10 Å². The molecule has 104 valence electrons. The van der Waals surface area contributed by atoms with Crippen LogP contribution in [-0.2, 0) is 6.54 Å². The van der Waals surface area contributed by atoms with Crippen molar-refractivity contribution in [3.8, 4) is 0 Å². The van der Waals surface area contributed by atoms with E-state index in [9.17, 15) is 0 Å². The normalized spacial score (nSPS) is 17.7. The van der Waals surface area contributed by atoms with Crippen LogP contribution in [0.2, 0.25) is 0 Å². The molecule has 1 aliphatic rings. The SMILES string of the molecule is CCN1CCC(NCc2c(C)n[nH]c2C)CC1.Cl. The number of hydrogen-bond donors (Lipinski definition) is 2. The molecule has 1 aromatic heterocycles. The third kappa shape index (κ3) is 3.70. The van der Waals surface area contributed by atoms with Crippen molar-refractivity contribution in [3.05, 3.63) is 17.0 Å². The zero-order valence-corrected chi connectivity index (χ0v) is 12.4. The topological polar surface area (TPSA) is 44.0 Å². The van der Waals surface area contributed by atoms with Crippen LogP contribution in [0.3, 0.4) is 0 Å². The molecule has 18 heavy (non-hydrogen) atoms. The summed E-state index contributed by atoms with van der Waals surface area (Å²) in [5, 5.41) is 10.9. The van der Waals surface area contributed by atoms with Gasteiger partial charge in [0.15, 0.2) is 0 Å². The molecule has 5 heteroatoms. The van der Waals surface area contributed by atoms with Crippen LogP contribution in [0.5, 0.6) is 0 Å². The van der Waals surface area contributed by atoms with Crippen LogP contribution in [0, 0.1) is 13.8 Å². The lowest BCUT2D eigenvalue weighted by Gasteiger charge is -2.31. The van der Waals surface area contributed by atoms with Gasteiger partial charge in [0.1, 0.15) is 0 Å². The van der Waals surface area contributed by atoms with E-state index in [4.69, 9.17) is 0 Å². The predicted octanol–water partition coefficient (Wildman–Crippen LogP) is 2.02. The first kappa shape index (κ1) is 15.5. The van der Waals surface area contributed by atoms with Gasteiger partial charge >= 0.3 is 0 Å². The van der Waals surface area contributed by atoms with Gasteiger partial charge in [-0.1, -0.05) is 6.92 Å². The van der Waals surface area contributed by atoms with Crippen molar-refractivity contribution in [1.29, 1.82) is 0 Å². The van der Waals surface area contributed by atoms with E-state index >= 15 is 0 Å². The standard InChI is InChI=1S/C13H24N4.ClH/c1-4-17-7-5-12(6-8-17)14-9-13-10(2)15-16-11(13)3;/h12,14H,4-9H2,1-3H3,(H,15,16);1H. The molecule has 0 spiro atoms. The number of nitrogens with zero attached hydrogens (tertiary/aromatic N) is 2. The molecule has 1 aliphatic heterocycles. The fourth-order valence-corrected chi connectivity index (χ4v) is 2.53. The summed E-state index contributed by atoms with van der Waals surface area (Å²) in [7, 11) is 0. The quantitative estimate of drug-likeness (QED) is 0.881. The molecule has 0 unspecified atom stereocenters. The molecule has 0 aliphatic carbocycles. The van der Waals surface area contributed by atoms with E-state index in [0.29, 0.717) is 6.04 Å². The lowest BCUT2D eigenvalue weighted by atomic mass is 10.0. The Bertz CT molecular complexity index is 336. The first-order valence-electron chi connectivity index (χ1n) is 6.67. The van der Waals surface area contributed by atoms with Crippen molar-refractivity contribution in [1.82, 2.24) is 20.4 Å². The average Bonchev–Trinajstić information content (AvgIpc) is 2.67. The third-order valence-corrected chi connectivity index (χ3v) is 3.88. The Kier molecular flexibility index (Phi) is 6.12. The number of aromatic amines is 1. The van der Waals surface area contributed by atoms with Crippen LogP contribution in [0.25, 0.3) is 0 Å². The fraction of sp³-hybridized carbons (Fsp3) is 0.769. The van der Waals surface area contributed by atoms with Gasteiger partial charge in [0.05, 0.1) is 5.69 Å². The Morgan fingerprint density at radius 2 is 2.00 bits per heavy atom. The summed E-state index contributed by atoms with van der Waals surface area (Å²) < 4.78 is 0. The van der Waals surface area contributed by atoms with E-state index in [1.807, 2.05) is 0 Å². The molecule has 1 saturated heterocycles. The summed E-state index contributed by atoms with van der Waals surface area (Å²) in [5.41, 5.74) is 3.66. The van der Waals surface area contributed by atoms with E-state index in [1.54, 1.807) is 0 Å². The Morgan fingerprint density at radius 1 is 1.33 bits per heavy atom. The molecule has 4 nitrogen and oxygen atoms in total. The molecule has 0 amide bonds. The zero-order chi connectivity index (χ0) is 12.3. The summed E-state index contributed by atoms with van der Waals surface area (Å²) in [5.74, 6) is 0. The van der Waals surface area contributed by atoms with Gasteiger partial charge in [-0.05, 0) is 46.3 Å². The van der Waals surface area contributed by atoms with E-state index in [0.717, 1.165) is 12.2 Å². The largest absolute Gasteiger partial charge is 0.310 e. The molecule has 0 bridgehead atoms. The highest BCUT2D eigenvalue weighted by Gasteiger charge is 2.18. The van der Waals surface area contributed by atoms with Crippen LogP contribution in [0.4, 0.5) is 0 Å². The number of hydrogen-bond acceptors (Lipinski definition) is 3. The smallest absolute Gasteiger partial charge is 0.0638 e. The number of halogens is 1. The Balaban J connectivity index is 0.00000162. The lowest BCUT2D eigenvalue weighted by Crippen LogP contribution is -2.42. The van der Waals surface area contributed by atoms with Crippen LogP contribution >= 0.6 is 12.4 Å². The average molecular weight is 273 g/mol. The minimum Gasteiger partial charge on any atom is -0.310 e. The highest BCUT2D eigenvalue weighted by molar-refractivity contribution is 5.85. The number of aryl methyl sites for hydroxylation is 2. The molecule has 0 saturated carbocycles. The third-order valence-electron chi connectivity index (χ3n) is 3.88. The zero-order valence-electron chi connectivity index (χ0n) is 11.6. The minimum atomic E-state index is 0. The number of aromatic nitrogens is 2. The van der Waals surface area contributed by atoms with Gasteiger partial charge in [0.25, 0.3) is 0 Å². The molecule has 0 atom stereocenters. The number of piperidine rings is 1. The maximum absolute atomic E-state index is 4.23. The summed E-state index contributed by atoms with van der Waals surface area (Å²) in [4.78, 5) is 2.52. The molecule has 0 radical (unpaired) electrons. The number of likely N-dealkylation sites (tertiary alicyclic amines) is 1. The van der Waals surface area contributed by atoms with Crippen molar-refractivity contribution in [2.75, 3.05) is 19.6 Å². The van der Waals surface area contributed by atoms with Crippen LogP contribution in [-0.4, -0.2) is 40.8 Å². The monoisotopic (exact) mass is 272 g/mol. The maximum Gasteiger partial charge on any atom is 0.0638 e.